The van der Waals surface area contributed by atoms with Gasteiger partial charge in [-0.05, 0) is 55.3 Å². The molecule has 0 spiro atoms. The molecule has 0 aliphatic carbocycles. The van der Waals surface area contributed by atoms with Gasteiger partial charge in [0.25, 0.3) is 0 Å². The number of ether oxygens (including phenoxy) is 2. The van der Waals surface area contributed by atoms with Crippen molar-refractivity contribution in [2.75, 3.05) is 7.11 Å². The van der Waals surface area contributed by atoms with Crippen LogP contribution in [0.25, 0.3) is 22.7 Å². The topological polar surface area (TPSA) is 108 Å². The second-order valence-electron chi connectivity index (χ2n) is 6.28. The van der Waals surface area contributed by atoms with Crippen molar-refractivity contribution in [2.24, 2.45) is 0 Å². The Balaban J connectivity index is 1.95. The highest BCUT2D eigenvalue weighted by atomic mass is 16.5. The standard InChI is InChI=1S/C21H19N3O4/c1-12-4-6-16-17(8-12)24-20(23-16)15(11-22)9-14-5-7-18(19(10-14)27-3)28-13(2)21(25)26/h4-10,13H,1-3H3,(H,23,24)(H,25,26)/b15-9-/t13-/m1/s1. The van der Waals surface area contributed by atoms with Gasteiger partial charge in [-0.25, -0.2) is 9.78 Å². The number of hydrogen-bond acceptors (Lipinski definition) is 5. The molecule has 0 unspecified atom stereocenters. The predicted molar refractivity (Wildman–Crippen MR) is 105 cm³/mol. The van der Waals surface area contributed by atoms with E-state index >= 15 is 0 Å². The average Bonchev–Trinajstić information content (AvgIpc) is 3.09. The van der Waals surface area contributed by atoms with Crippen molar-refractivity contribution in [3.8, 4) is 17.6 Å². The molecule has 7 nitrogen and oxygen atoms in total. The number of nitriles is 1. The van der Waals surface area contributed by atoms with Crippen LogP contribution in [0.5, 0.6) is 11.5 Å². The van der Waals surface area contributed by atoms with Gasteiger partial charge in [-0.2, -0.15) is 5.26 Å². The van der Waals surface area contributed by atoms with E-state index in [1.807, 2.05) is 25.1 Å². The molecule has 3 aromatic rings. The van der Waals surface area contributed by atoms with Gasteiger partial charge >= 0.3 is 5.97 Å². The molecule has 2 N–H and O–H groups in total. The number of benzene rings is 2. The summed E-state index contributed by atoms with van der Waals surface area (Å²) in [5.41, 5.74) is 3.80. The molecule has 2 aromatic carbocycles. The Morgan fingerprint density at radius 3 is 2.75 bits per heavy atom. The molecule has 0 radical (unpaired) electrons. The number of carboxylic acids is 1. The molecule has 0 aliphatic rings. The van der Waals surface area contributed by atoms with Gasteiger partial charge in [0.1, 0.15) is 11.9 Å². The SMILES string of the molecule is COc1cc(/C=C(/C#N)c2nc3ccc(C)cc3[nH]2)ccc1O[C@H](C)C(=O)O. The number of fused-ring (bicyclic) bond motifs is 1. The number of carboxylic acid groups (broad SMARTS) is 1. The molecule has 0 saturated carbocycles. The first-order valence-corrected chi connectivity index (χ1v) is 8.57. The predicted octanol–water partition coefficient (Wildman–Crippen LogP) is 3.80. The van der Waals surface area contributed by atoms with E-state index in [0.717, 1.165) is 16.6 Å². The van der Waals surface area contributed by atoms with Gasteiger partial charge in [0.2, 0.25) is 0 Å². The number of carbonyl (C=O) groups is 1. The number of allylic oxidation sites excluding steroid dienone is 1. The first-order chi connectivity index (χ1) is 13.4. The quantitative estimate of drug-likeness (QED) is 0.633. The number of aryl methyl sites for hydroxylation is 1. The van der Waals surface area contributed by atoms with Crippen LogP contribution in [0.15, 0.2) is 36.4 Å². The summed E-state index contributed by atoms with van der Waals surface area (Å²) in [5.74, 6) is 0.0893. The molecule has 1 heterocycles. The lowest BCUT2D eigenvalue weighted by Gasteiger charge is -2.14. The van der Waals surface area contributed by atoms with Crippen molar-refractivity contribution < 1.29 is 19.4 Å². The molecule has 1 aromatic heterocycles. The summed E-state index contributed by atoms with van der Waals surface area (Å²) in [6.45, 7) is 3.43. The van der Waals surface area contributed by atoms with Crippen molar-refractivity contribution in [1.29, 1.82) is 5.26 Å². The molecule has 0 amide bonds. The average molecular weight is 377 g/mol. The summed E-state index contributed by atoms with van der Waals surface area (Å²) >= 11 is 0. The van der Waals surface area contributed by atoms with Crippen LogP contribution in [0.2, 0.25) is 0 Å². The second-order valence-corrected chi connectivity index (χ2v) is 6.28. The number of imidazole rings is 1. The minimum Gasteiger partial charge on any atom is -0.493 e. The van der Waals surface area contributed by atoms with Crippen LogP contribution < -0.4 is 9.47 Å². The van der Waals surface area contributed by atoms with Gasteiger partial charge in [0.05, 0.1) is 23.7 Å². The van der Waals surface area contributed by atoms with Crippen LogP contribution in [0.1, 0.15) is 23.9 Å². The summed E-state index contributed by atoms with van der Waals surface area (Å²) < 4.78 is 10.7. The highest BCUT2D eigenvalue weighted by Gasteiger charge is 2.16. The van der Waals surface area contributed by atoms with Crippen molar-refractivity contribution >= 4 is 28.7 Å². The minimum atomic E-state index is -1.07. The highest BCUT2D eigenvalue weighted by Crippen LogP contribution is 2.30. The Bertz CT molecular complexity index is 1110. The Hall–Kier alpha value is -3.79. The zero-order valence-electron chi connectivity index (χ0n) is 15.7. The third-order valence-corrected chi connectivity index (χ3v) is 4.16. The van der Waals surface area contributed by atoms with Crippen LogP contribution in [0.4, 0.5) is 0 Å². The number of rotatable bonds is 6. The normalized spacial score (nSPS) is 12.4. The molecule has 1 atom stereocenters. The number of nitrogens with zero attached hydrogens (tertiary/aromatic N) is 2. The summed E-state index contributed by atoms with van der Waals surface area (Å²) in [6.07, 6.45) is 0.668. The first kappa shape index (κ1) is 19.0. The highest BCUT2D eigenvalue weighted by molar-refractivity contribution is 5.90. The van der Waals surface area contributed by atoms with E-state index in [0.29, 0.717) is 28.5 Å². The van der Waals surface area contributed by atoms with E-state index in [2.05, 4.69) is 16.0 Å². The summed E-state index contributed by atoms with van der Waals surface area (Å²) in [4.78, 5) is 18.6. The monoisotopic (exact) mass is 377 g/mol. The largest absolute Gasteiger partial charge is 0.493 e. The van der Waals surface area contributed by atoms with E-state index < -0.39 is 12.1 Å². The fraction of sp³-hybridized carbons (Fsp3) is 0.190. The maximum Gasteiger partial charge on any atom is 0.344 e. The number of aromatic nitrogens is 2. The smallest absolute Gasteiger partial charge is 0.344 e. The molecule has 0 fully saturated rings. The van der Waals surface area contributed by atoms with E-state index in [1.54, 1.807) is 24.3 Å². The lowest BCUT2D eigenvalue weighted by Crippen LogP contribution is -2.23. The van der Waals surface area contributed by atoms with Gasteiger partial charge in [-0.1, -0.05) is 12.1 Å². The number of aromatic amines is 1. The molecule has 7 heteroatoms. The van der Waals surface area contributed by atoms with E-state index in [1.165, 1.54) is 14.0 Å². The molecular formula is C21H19N3O4. The zero-order valence-corrected chi connectivity index (χ0v) is 15.7. The Labute approximate surface area is 161 Å². The van der Waals surface area contributed by atoms with Gasteiger partial charge in [-0.15, -0.1) is 0 Å². The fourth-order valence-corrected chi connectivity index (χ4v) is 2.68. The van der Waals surface area contributed by atoms with E-state index in [9.17, 15) is 10.1 Å². The zero-order chi connectivity index (χ0) is 20.3. The van der Waals surface area contributed by atoms with Crippen LogP contribution >= 0.6 is 0 Å². The first-order valence-electron chi connectivity index (χ1n) is 8.57. The van der Waals surface area contributed by atoms with Crippen LogP contribution in [-0.2, 0) is 4.79 Å². The molecule has 0 bridgehead atoms. The van der Waals surface area contributed by atoms with Gasteiger partial charge in [0, 0.05) is 0 Å². The summed E-state index contributed by atoms with van der Waals surface area (Å²) in [5, 5.41) is 18.6. The number of methoxy groups -OCH3 is 1. The molecule has 0 aliphatic heterocycles. The number of nitrogens with one attached hydrogen (secondary N) is 1. The van der Waals surface area contributed by atoms with Crippen LogP contribution in [0.3, 0.4) is 0 Å². The Morgan fingerprint density at radius 1 is 1.29 bits per heavy atom. The van der Waals surface area contributed by atoms with Crippen molar-refractivity contribution in [3.05, 3.63) is 53.3 Å². The second kappa shape index (κ2) is 7.84. The van der Waals surface area contributed by atoms with Crippen molar-refractivity contribution in [2.45, 2.75) is 20.0 Å². The number of H-pyrrole nitrogens is 1. The number of hydrogen-bond donors (Lipinski definition) is 2. The molecule has 28 heavy (non-hydrogen) atoms. The Morgan fingerprint density at radius 2 is 2.07 bits per heavy atom. The van der Waals surface area contributed by atoms with E-state index in [-0.39, 0.29) is 0 Å². The van der Waals surface area contributed by atoms with E-state index in [4.69, 9.17) is 14.6 Å². The van der Waals surface area contributed by atoms with Crippen LogP contribution in [-0.4, -0.2) is 34.3 Å². The summed E-state index contributed by atoms with van der Waals surface area (Å²) in [6, 6.07) is 13.0. The lowest BCUT2D eigenvalue weighted by molar-refractivity contribution is -0.144. The lowest BCUT2D eigenvalue weighted by atomic mass is 10.1. The maximum absolute atomic E-state index is 11.0. The minimum absolute atomic E-state index is 0.312. The van der Waals surface area contributed by atoms with Crippen LogP contribution in [0, 0.1) is 18.3 Å². The van der Waals surface area contributed by atoms with Gasteiger partial charge < -0.3 is 19.6 Å². The fourth-order valence-electron chi connectivity index (χ4n) is 2.68. The third-order valence-electron chi connectivity index (χ3n) is 4.16. The third kappa shape index (κ3) is 3.96. The molecule has 3 rings (SSSR count). The van der Waals surface area contributed by atoms with Gasteiger partial charge in [-0.3, -0.25) is 0 Å². The number of aliphatic carboxylic acids is 1. The summed E-state index contributed by atoms with van der Waals surface area (Å²) in [7, 11) is 1.47. The van der Waals surface area contributed by atoms with Gasteiger partial charge in [0.15, 0.2) is 17.6 Å². The molecular weight excluding hydrogens is 358 g/mol. The molecule has 0 saturated heterocycles. The van der Waals surface area contributed by atoms with Crippen molar-refractivity contribution in [1.82, 2.24) is 9.97 Å². The maximum atomic E-state index is 11.0. The Kier molecular flexibility index (Phi) is 5.32. The molecule has 142 valence electrons. The van der Waals surface area contributed by atoms with Crippen molar-refractivity contribution in [3.63, 3.8) is 0 Å².